The smallest absolute Gasteiger partial charge is 0.336 e. The highest BCUT2D eigenvalue weighted by Crippen LogP contribution is 2.18. The van der Waals surface area contributed by atoms with Crippen molar-refractivity contribution in [2.45, 2.75) is 13.8 Å². The van der Waals surface area contributed by atoms with Crippen molar-refractivity contribution in [3.63, 3.8) is 0 Å². The molecule has 0 atom stereocenters. The molecule has 0 heterocycles. The van der Waals surface area contributed by atoms with Crippen LogP contribution in [-0.2, 0) is 0 Å². The number of rotatable bonds is 4. The van der Waals surface area contributed by atoms with Gasteiger partial charge in [-0.1, -0.05) is 6.07 Å². The fraction of sp³-hybridized carbons (Fsp3) is 0.118. The minimum atomic E-state index is -1.30. The molecular weight excluding hydrogens is 298 g/mol. The number of hydrogen-bond donors (Lipinski definition) is 3. The van der Waals surface area contributed by atoms with Crippen molar-refractivity contribution in [3.05, 3.63) is 64.2 Å². The fourth-order valence-electron chi connectivity index (χ4n) is 2.07. The van der Waals surface area contributed by atoms with E-state index in [-0.39, 0.29) is 16.7 Å². The summed E-state index contributed by atoms with van der Waals surface area (Å²) in [6, 6.07) is 8.61. The molecule has 0 fully saturated rings. The molecule has 0 bridgehead atoms. The van der Waals surface area contributed by atoms with Crippen LogP contribution in [0.15, 0.2) is 36.4 Å². The number of nitrogens with one attached hydrogen (secondary N) is 1. The van der Waals surface area contributed by atoms with Gasteiger partial charge in [-0.25, -0.2) is 9.59 Å². The molecular formula is C17H15NO5. The summed E-state index contributed by atoms with van der Waals surface area (Å²) in [5, 5.41) is 20.8. The molecule has 118 valence electrons. The maximum Gasteiger partial charge on any atom is 0.336 e. The Labute approximate surface area is 132 Å². The van der Waals surface area contributed by atoms with E-state index in [4.69, 9.17) is 10.2 Å². The second-order valence-corrected chi connectivity index (χ2v) is 5.12. The third-order valence-electron chi connectivity index (χ3n) is 3.51. The van der Waals surface area contributed by atoms with E-state index in [1.54, 1.807) is 12.1 Å². The van der Waals surface area contributed by atoms with Crippen LogP contribution in [-0.4, -0.2) is 28.1 Å². The molecule has 2 aromatic rings. The van der Waals surface area contributed by atoms with Gasteiger partial charge in [0.2, 0.25) is 0 Å². The molecule has 6 heteroatoms. The number of carbonyl (C=O) groups excluding carboxylic acids is 1. The molecule has 1 amide bonds. The summed E-state index contributed by atoms with van der Waals surface area (Å²) in [6.07, 6.45) is 0. The standard InChI is InChI=1S/C17H15NO5/c1-9-3-5-12(7-10(9)2)18-15(19)14-8-11(16(20)21)4-6-13(14)17(22)23/h3-8H,1-2H3,(H,18,19)(H,20,21)(H,22,23). The van der Waals surface area contributed by atoms with Gasteiger partial charge >= 0.3 is 11.9 Å². The Morgan fingerprint density at radius 1 is 0.826 bits per heavy atom. The zero-order valence-corrected chi connectivity index (χ0v) is 12.6. The summed E-state index contributed by atoms with van der Waals surface area (Å²) in [5.74, 6) is -3.21. The molecule has 23 heavy (non-hydrogen) atoms. The number of carboxylic acid groups (broad SMARTS) is 2. The van der Waals surface area contributed by atoms with Crippen molar-refractivity contribution in [2.75, 3.05) is 5.32 Å². The molecule has 0 aliphatic rings. The number of amides is 1. The van der Waals surface area contributed by atoms with E-state index in [0.29, 0.717) is 5.69 Å². The predicted molar refractivity (Wildman–Crippen MR) is 84.2 cm³/mol. The van der Waals surface area contributed by atoms with Crippen molar-refractivity contribution < 1.29 is 24.6 Å². The average molecular weight is 313 g/mol. The van der Waals surface area contributed by atoms with Crippen molar-refractivity contribution >= 4 is 23.5 Å². The zero-order chi connectivity index (χ0) is 17.1. The monoisotopic (exact) mass is 313 g/mol. The SMILES string of the molecule is Cc1ccc(NC(=O)c2cc(C(=O)O)ccc2C(=O)O)cc1C. The maximum absolute atomic E-state index is 12.3. The van der Waals surface area contributed by atoms with Crippen LogP contribution in [0.5, 0.6) is 0 Å². The van der Waals surface area contributed by atoms with Crippen molar-refractivity contribution in [2.24, 2.45) is 0 Å². The van der Waals surface area contributed by atoms with Gasteiger partial charge in [-0.3, -0.25) is 4.79 Å². The van der Waals surface area contributed by atoms with Crippen LogP contribution in [0.4, 0.5) is 5.69 Å². The largest absolute Gasteiger partial charge is 0.478 e. The highest BCUT2D eigenvalue weighted by atomic mass is 16.4. The lowest BCUT2D eigenvalue weighted by Gasteiger charge is -2.10. The average Bonchev–Trinajstić information content (AvgIpc) is 2.50. The minimum absolute atomic E-state index is 0.153. The Morgan fingerprint density at radius 2 is 1.52 bits per heavy atom. The lowest BCUT2D eigenvalue weighted by molar-refractivity contribution is 0.0679. The lowest BCUT2D eigenvalue weighted by Crippen LogP contribution is -2.17. The second-order valence-electron chi connectivity index (χ2n) is 5.12. The predicted octanol–water partition coefficient (Wildman–Crippen LogP) is 2.95. The van der Waals surface area contributed by atoms with E-state index in [0.717, 1.165) is 29.3 Å². The molecule has 6 nitrogen and oxygen atoms in total. The number of hydrogen-bond acceptors (Lipinski definition) is 3. The van der Waals surface area contributed by atoms with E-state index in [2.05, 4.69) is 5.32 Å². The van der Waals surface area contributed by atoms with Crippen LogP contribution in [0, 0.1) is 13.8 Å². The Bertz CT molecular complexity index is 811. The van der Waals surface area contributed by atoms with Crippen LogP contribution < -0.4 is 5.32 Å². The van der Waals surface area contributed by atoms with Gasteiger partial charge in [0.05, 0.1) is 16.7 Å². The number of benzene rings is 2. The summed E-state index contributed by atoms with van der Waals surface area (Å²) in [4.78, 5) is 34.6. The third-order valence-corrected chi connectivity index (χ3v) is 3.51. The highest BCUT2D eigenvalue weighted by molar-refractivity contribution is 6.11. The lowest BCUT2D eigenvalue weighted by atomic mass is 10.0. The summed E-state index contributed by atoms with van der Waals surface area (Å²) >= 11 is 0. The zero-order valence-electron chi connectivity index (χ0n) is 12.6. The first-order valence-corrected chi connectivity index (χ1v) is 6.79. The van der Waals surface area contributed by atoms with Gasteiger partial charge in [-0.05, 0) is 55.3 Å². The van der Waals surface area contributed by atoms with E-state index >= 15 is 0 Å². The second kappa shape index (κ2) is 6.31. The Hall–Kier alpha value is -3.15. The van der Waals surface area contributed by atoms with Gasteiger partial charge in [0.1, 0.15) is 0 Å². The molecule has 2 rings (SSSR count). The van der Waals surface area contributed by atoms with E-state index in [9.17, 15) is 14.4 Å². The Kier molecular flexibility index (Phi) is 4.45. The topological polar surface area (TPSA) is 104 Å². The molecule has 0 aliphatic heterocycles. The van der Waals surface area contributed by atoms with Gasteiger partial charge in [0, 0.05) is 5.69 Å². The molecule has 2 aromatic carbocycles. The van der Waals surface area contributed by atoms with Crippen molar-refractivity contribution in [1.82, 2.24) is 0 Å². The minimum Gasteiger partial charge on any atom is -0.478 e. The Balaban J connectivity index is 2.40. The number of aromatic carboxylic acids is 2. The maximum atomic E-state index is 12.3. The normalized spacial score (nSPS) is 10.2. The van der Waals surface area contributed by atoms with Crippen LogP contribution in [0.2, 0.25) is 0 Å². The first-order chi connectivity index (χ1) is 10.8. The first-order valence-electron chi connectivity index (χ1n) is 6.79. The highest BCUT2D eigenvalue weighted by Gasteiger charge is 2.19. The van der Waals surface area contributed by atoms with Crippen LogP contribution in [0.1, 0.15) is 42.2 Å². The number of carbonyl (C=O) groups is 3. The van der Waals surface area contributed by atoms with Gasteiger partial charge in [-0.2, -0.15) is 0 Å². The van der Waals surface area contributed by atoms with Crippen LogP contribution in [0.25, 0.3) is 0 Å². The van der Waals surface area contributed by atoms with Crippen molar-refractivity contribution in [1.29, 1.82) is 0 Å². The number of carboxylic acids is 2. The summed E-state index contributed by atoms with van der Waals surface area (Å²) in [5.41, 5.74) is 1.94. The molecule has 0 spiro atoms. The number of aryl methyl sites for hydroxylation is 2. The summed E-state index contributed by atoms with van der Waals surface area (Å²) in [6.45, 7) is 3.82. The summed E-state index contributed by atoms with van der Waals surface area (Å²) in [7, 11) is 0. The molecule has 0 unspecified atom stereocenters. The van der Waals surface area contributed by atoms with Gasteiger partial charge in [-0.15, -0.1) is 0 Å². The molecule has 0 aromatic heterocycles. The molecule has 0 radical (unpaired) electrons. The van der Waals surface area contributed by atoms with Crippen LogP contribution >= 0.6 is 0 Å². The molecule has 0 saturated heterocycles. The first kappa shape index (κ1) is 16.2. The van der Waals surface area contributed by atoms with E-state index in [1.165, 1.54) is 0 Å². The molecule has 3 N–H and O–H groups in total. The fourth-order valence-corrected chi connectivity index (χ4v) is 2.07. The third kappa shape index (κ3) is 3.55. The van der Waals surface area contributed by atoms with Crippen LogP contribution in [0.3, 0.4) is 0 Å². The number of anilines is 1. The van der Waals surface area contributed by atoms with Gasteiger partial charge < -0.3 is 15.5 Å². The van der Waals surface area contributed by atoms with E-state index < -0.39 is 17.8 Å². The Morgan fingerprint density at radius 3 is 2.09 bits per heavy atom. The van der Waals surface area contributed by atoms with Crippen molar-refractivity contribution in [3.8, 4) is 0 Å². The quantitative estimate of drug-likeness (QED) is 0.805. The molecule has 0 saturated carbocycles. The van der Waals surface area contributed by atoms with Gasteiger partial charge in [0.15, 0.2) is 0 Å². The summed E-state index contributed by atoms with van der Waals surface area (Å²) < 4.78 is 0. The molecule has 0 aliphatic carbocycles. The van der Waals surface area contributed by atoms with E-state index in [1.807, 2.05) is 19.9 Å². The van der Waals surface area contributed by atoms with Gasteiger partial charge in [0.25, 0.3) is 5.91 Å².